The number of benzene rings is 1. The quantitative estimate of drug-likeness (QED) is 0.703. The predicted molar refractivity (Wildman–Crippen MR) is 106 cm³/mol. The summed E-state index contributed by atoms with van der Waals surface area (Å²) in [5.41, 5.74) is 2.59. The molecule has 1 aliphatic rings. The first-order valence-corrected chi connectivity index (χ1v) is 9.14. The van der Waals surface area contributed by atoms with E-state index in [0.29, 0.717) is 29.7 Å². The molecule has 0 unspecified atom stereocenters. The van der Waals surface area contributed by atoms with Crippen molar-refractivity contribution in [3.05, 3.63) is 52.9 Å². The Morgan fingerprint density at radius 2 is 1.86 bits per heavy atom. The molecule has 0 radical (unpaired) electrons. The lowest BCUT2D eigenvalue weighted by atomic mass is 9.99. The van der Waals surface area contributed by atoms with Gasteiger partial charge in [0, 0.05) is 19.2 Å². The first-order valence-electron chi connectivity index (χ1n) is 9.14. The zero-order valence-corrected chi connectivity index (χ0v) is 16.4. The molecule has 1 aromatic carbocycles. The maximum atomic E-state index is 12.3. The van der Waals surface area contributed by atoms with E-state index in [1.807, 2.05) is 12.1 Å². The Morgan fingerprint density at radius 3 is 2.48 bits per heavy atom. The number of methoxy groups -OCH3 is 2. The van der Waals surface area contributed by atoms with E-state index in [4.69, 9.17) is 14.0 Å². The van der Waals surface area contributed by atoms with Gasteiger partial charge in [-0.3, -0.25) is 4.79 Å². The minimum Gasteiger partial charge on any atom is -0.493 e. The van der Waals surface area contributed by atoms with Crippen LogP contribution in [0.2, 0.25) is 0 Å². The van der Waals surface area contributed by atoms with Crippen molar-refractivity contribution in [2.24, 2.45) is 0 Å². The molecule has 1 N–H and O–H groups in total. The molecule has 9 nitrogen and oxygen atoms in total. The van der Waals surface area contributed by atoms with Crippen LogP contribution in [0.4, 0.5) is 11.6 Å². The molecule has 0 aliphatic carbocycles. The molecule has 1 amide bonds. The van der Waals surface area contributed by atoms with Crippen molar-refractivity contribution in [1.29, 1.82) is 0 Å². The minimum absolute atomic E-state index is 0.207. The fraction of sp³-hybridized carbons (Fsp3) is 0.300. The number of amides is 1. The van der Waals surface area contributed by atoms with Crippen molar-refractivity contribution >= 4 is 17.5 Å². The Hall–Kier alpha value is -3.62. The van der Waals surface area contributed by atoms with Crippen molar-refractivity contribution < 1.29 is 18.8 Å². The lowest BCUT2D eigenvalue weighted by Gasteiger charge is -2.30. The SMILES string of the molecule is COc1cc2c(cc1OC)CN(c1ccc(C(=O)Nc3cc(C)on3)nn1)CC2. The normalized spacial score (nSPS) is 13.0. The van der Waals surface area contributed by atoms with Crippen LogP contribution < -0.4 is 19.7 Å². The monoisotopic (exact) mass is 395 g/mol. The number of anilines is 2. The van der Waals surface area contributed by atoms with Crippen molar-refractivity contribution in [1.82, 2.24) is 15.4 Å². The molecule has 150 valence electrons. The summed E-state index contributed by atoms with van der Waals surface area (Å²) in [6, 6.07) is 9.09. The lowest BCUT2D eigenvalue weighted by Crippen LogP contribution is -2.31. The molecule has 29 heavy (non-hydrogen) atoms. The van der Waals surface area contributed by atoms with Gasteiger partial charge in [0.15, 0.2) is 28.8 Å². The smallest absolute Gasteiger partial charge is 0.277 e. The predicted octanol–water partition coefficient (Wildman–Crippen LogP) is 2.61. The van der Waals surface area contributed by atoms with Crippen LogP contribution in [0.1, 0.15) is 27.4 Å². The summed E-state index contributed by atoms with van der Waals surface area (Å²) < 4.78 is 15.7. The maximum absolute atomic E-state index is 12.3. The Kier molecular flexibility index (Phi) is 5.03. The van der Waals surface area contributed by atoms with Crippen LogP contribution in [-0.4, -0.2) is 42.0 Å². The van der Waals surface area contributed by atoms with Crippen LogP contribution in [0.3, 0.4) is 0 Å². The number of rotatable bonds is 5. The molecule has 0 atom stereocenters. The van der Waals surface area contributed by atoms with E-state index in [-0.39, 0.29) is 5.69 Å². The maximum Gasteiger partial charge on any atom is 0.277 e. The number of hydrogen-bond acceptors (Lipinski definition) is 8. The zero-order chi connectivity index (χ0) is 20.4. The molecule has 0 saturated carbocycles. The van der Waals surface area contributed by atoms with Crippen LogP contribution in [0.15, 0.2) is 34.9 Å². The molecule has 2 aromatic heterocycles. The van der Waals surface area contributed by atoms with E-state index in [9.17, 15) is 4.79 Å². The first-order chi connectivity index (χ1) is 14.1. The molecule has 0 spiro atoms. The number of hydrogen-bond donors (Lipinski definition) is 1. The van der Waals surface area contributed by atoms with Gasteiger partial charge in [-0.2, -0.15) is 0 Å². The minimum atomic E-state index is -0.391. The third kappa shape index (κ3) is 3.84. The summed E-state index contributed by atoms with van der Waals surface area (Å²) >= 11 is 0. The molecule has 0 fully saturated rings. The third-order valence-corrected chi connectivity index (χ3v) is 4.79. The Bertz CT molecular complexity index is 1030. The van der Waals surface area contributed by atoms with Crippen LogP contribution >= 0.6 is 0 Å². The first kappa shape index (κ1) is 18.7. The number of ether oxygens (including phenoxy) is 2. The Morgan fingerprint density at radius 1 is 1.10 bits per heavy atom. The van der Waals surface area contributed by atoms with Gasteiger partial charge in [-0.1, -0.05) is 5.16 Å². The van der Waals surface area contributed by atoms with Crippen LogP contribution in [0.5, 0.6) is 11.5 Å². The number of carbonyl (C=O) groups is 1. The van der Waals surface area contributed by atoms with E-state index in [2.05, 4.69) is 25.6 Å². The van der Waals surface area contributed by atoms with Gasteiger partial charge < -0.3 is 24.2 Å². The van der Waals surface area contributed by atoms with Gasteiger partial charge in [-0.15, -0.1) is 10.2 Å². The van der Waals surface area contributed by atoms with Crippen LogP contribution in [0.25, 0.3) is 0 Å². The summed E-state index contributed by atoms with van der Waals surface area (Å²) in [7, 11) is 3.26. The summed E-state index contributed by atoms with van der Waals surface area (Å²) in [4.78, 5) is 14.4. The molecular weight excluding hydrogens is 374 g/mol. The van der Waals surface area contributed by atoms with E-state index >= 15 is 0 Å². The largest absolute Gasteiger partial charge is 0.493 e. The van der Waals surface area contributed by atoms with Gasteiger partial charge in [-0.05, 0) is 48.7 Å². The molecule has 9 heteroatoms. The summed E-state index contributed by atoms with van der Waals surface area (Å²) in [5, 5.41) is 14.7. The zero-order valence-electron chi connectivity index (χ0n) is 16.4. The highest BCUT2D eigenvalue weighted by atomic mass is 16.5. The van der Waals surface area contributed by atoms with Crippen molar-refractivity contribution in [2.45, 2.75) is 19.9 Å². The molecule has 0 bridgehead atoms. The fourth-order valence-corrected chi connectivity index (χ4v) is 3.30. The fourth-order valence-electron chi connectivity index (χ4n) is 3.30. The van der Waals surface area contributed by atoms with Gasteiger partial charge in [0.25, 0.3) is 5.91 Å². The van der Waals surface area contributed by atoms with Crippen LogP contribution in [-0.2, 0) is 13.0 Å². The van der Waals surface area contributed by atoms with Gasteiger partial charge >= 0.3 is 0 Å². The van der Waals surface area contributed by atoms with E-state index < -0.39 is 5.91 Å². The second kappa shape index (κ2) is 7.78. The number of carbonyl (C=O) groups excluding carboxylic acids is 1. The number of nitrogens with zero attached hydrogens (tertiary/aromatic N) is 4. The molecule has 1 aliphatic heterocycles. The summed E-state index contributed by atoms with van der Waals surface area (Å²) in [6.45, 7) is 3.22. The number of fused-ring (bicyclic) bond motifs is 1. The summed E-state index contributed by atoms with van der Waals surface area (Å²) in [5.74, 6) is 2.71. The Labute approximate surface area is 167 Å². The topological polar surface area (TPSA) is 103 Å². The number of aromatic nitrogens is 3. The second-order valence-electron chi connectivity index (χ2n) is 6.70. The molecule has 3 aromatic rings. The van der Waals surface area contributed by atoms with Gasteiger partial charge in [0.05, 0.1) is 14.2 Å². The van der Waals surface area contributed by atoms with Crippen molar-refractivity contribution in [3.63, 3.8) is 0 Å². The van der Waals surface area contributed by atoms with E-state index in [1.165, 1.54) is 5.56 Å². The highest BCUT2D eigenvalue weighted by molar-refractivity contribution is 6.02. The second-order valence-corrected chi connectivity index (χ2v) is 6.70. The third-order valence-electron chi connectivity index (χ3n) is 4.79. The molecule has 3 heterocycles. The highest BCUT2D eigenvalue weighted by Gasteiger charge is 2.21. The Balaban J connectivity index is 1.48. The van der Waals surface area contributed by atoms with Gasteiger partial charge in [-0.25, -0.2) is 0 Å². The average Bonchev–Trinajstić information content (AvgIpc) is 3.16. The van der Waals surface area contributed by atoms with E-state index in [0.717, 1.165) is 24.3 Å². The van der Waals surface area contributed by atoms with Crippen molar-refractivity contribution in [3.8, 4) is 11.5 Å². The van der Waals surface area contributed by atoms with Crippen molar-refractivity contribution in [2.75, 3.05) is 31.0 Å². The van der Waals surface area contributed by atoms with Crippen LogP contribution in [0, 0.1) is 6.92 Å². The molecule has 4 rings (SSSR count). The van der Waals surface area contributed by atoms with E-state index in [1.54, 1.807) is 39.3 Å². The number of aryl methyl sites for hydroxylation is 1. The summed E-state index contributed by atoms with van der Waals surface area (Å²) in [6.07, 6.45) is 0.852. The number of nitrogens with one attached hydrogen (secondary N) is 1. The van der Waals surface area contributed by atoms with Gasteiger partial charge in [0.1, 0.15) is 5.76 Å². The lowest BCUT2D eigenvalue weighted by molar-refractivity contribution is 0.102. The standard InChI is InChI=1S/C20H21N5O4/c1-12-8-18(24-29-12)21-20(26)15-4-5-19(23-22-15)25-7-6-13-9-16(27-2)17(28-3)10-14(13)11-25/h4-5,8-10H,6-7,11H2,1-3H3,(H,21,24,26). The molecule has 0 saturated heterocycles. The average molecular weight is 395 g/mol. The molecular formula is C20H21N5O4. The van der Waals surface area contributed by atoms with Gasteiger partial charge in [0.2, 0.25) is 0 Å². The highest BCUT2D eigenvalue weighted by Crippen LogP contribution is 2.34.